The normalized spacial score (nSPS) is 17.7. The van der Waals surface area contributed by atoms with E-state index in [9.17, 15) is 4.79 Å². The van der Waals surface area contributed by atoms with Crippen LogP contribution in [0.5, 0.6) is 0 Å². The van der Waals surface area contributed by atoms with E-state index in [-0.39, 0.29) is 17.8 Å². The third-order valence-electron chi connectivity index (χ3n) is 3.88. The summed E-state index contributed by atoms with van der Waals surface area (Å²) in [6.45, 7) is 7.95. The molecule has 1 aliphatic heterocycles. The summed E-state index contributed by atoms with van der Waals surface area (Å²) >= 11 is 1.72. The zero-order valence-electron chi connectivity index (χ0n) is 12.1. The van der Waals surface area contributed by atoms with Crippen molar-refractivity contribution < 1.29 is 9.90 Å². The molecule has 0 bridgehead atoms. The number of likely N-dealkylation sites (tertiary alicyclic amines) is 1. The van der Waals surface area contributed by atoms with Crippen molar-refractivity contribution in [2.24, 2.45) is 0 Å². The van der Waals surface area contributed by atoms with Crippen LogP contribution in [0.1, 0.15) is 45.1 Å². The van der Waals surface area contributed by atoms with Crippen LogP contribution in [0.2, 0.25) is 0 Å². The average molecular weight is 307 g/mol. The standard InChI is InChI=1S/C13H17N5O2S/c1-7(12-8(2)21-9(3)14-12)17-4-10(5-17)18-6-11(13(19)20)15-16-18/h6-7,10H,4-5H2,1-3H3,(H,19,20). The minimum Gasteiger partial charge on any atom is -0.476 e. The Morgan fingerprint density at radius 3 is 2.71 bits per heavy atom. The van der Waals surface area contributed by atoms with Gasteiger partial charge in [0.2, 0.25) is 0 Å². The SMILES string of the molecule is Cc1nc(C(C)N2CC(n3cc(C(=O)O)nn3)C2)c(C)s1. The van der Waals surface area contributed by atoms with E-state index in [0.717, 1.165) is 23.8 Å². The molecule has 1 N–H and O–H groups in total. The number of hydrogen-bond acceptors (Lipinski definition) is 6. The van der Waals surface area contributed by atoms with Gasteiger partial charge in [0.25, 0.3) is 0 Å². The predicted octanol–water partition coefficient (Wildman–Crippen LogP) is 1.67. The maximum absolute atomic E-state index is 10.8. The zero-order valence-corrected chi connectivity index (χ0v) is 13.0. The number of thiazole rings is 1. The Kier molecular flexibility index (Phi) is 3.50. The first-order chi connectivity index (χ1) is 9.95. The van der Waals surface area contributed by atoms with Crippen LogP contribution in [0.4, 0.5) is 0 Å². The van der Waals surface area contributed by atoms with Gasteiger partial charge in [-0.3, -0.25) is 4.90 Å². The molecule has 8 heteroatoms. The quantitative estimate of drug-likeness (QED) is 0.925. The highest BCUT2D eigenvalue weighted by molar-refractivity contribution is 7.11. The highest BCUT2D eigenvalue weighted by Gasteiger charge is 2.34. The van der Waals surface area contributed by atoms with E-state index in [1.807, 2.05) is 6.92 Å². The molecule has 0 saturated carbocycles. The molecule has 1 aliphatic rings. The Labute approximate surface area is 126 Å². The van der Waals surface area contributed by atoms with E-state index < -0.39 is 5.97 Å². The number of carboxylic acids is 1. The van der Waals surface area contributed by atoms with Gasteiger partial charge in [-0.15, -0.1) is 16.4 Å². The molecule has 3 heterocycles. The summed E-state index contributed by atoms with van der Waals surface area (Å²) in [5, 5.41) is 17.5. The fourth-order valence-electron chi connectivity index (χ4n) is 2.63. The molecule has 3 rings (SSSR count). The van der Waals surface area contributed by atoms with Gasteiger partial charge in [-0.2, -0.15) is 0 Å². The minimum atomic E-state index is -1.04. The van der Waals surface area contributed by atoms with Crippen molar-refractivity contribution in [2.75, 3.05) is 13.1 Å². The Hall–Kier alpha value is -1.80. The molecule has 1 fully saturated rings. The van der Waals surface area contributed by atoms with Gasteiger partial charge in [-0.25, -0.2) is 14.5 Å². The zero-order chi connectivity index (χ0) is 15.1. The fraction of sp³-hybridized carbons (Fsp3) is 0.538. The first-order valence-corrected chi connectivity index (χ1v) is 7.60. The van der Waals surface area contributed by atoms with E-state index in [2.05, 4.69) is 34.0 Å². The van der Waals surface area contributed by atoms with Gasteiger partial charge in [0.05, 0.1) is 29.0 Å². The highest BCUT2D eigenvalue weighted by Crippen LogP contribution is 2.33. The molecule has 0 spiro atoms. The highest BCUT2D eigenvalue weighted by atomic mass is 32.1. The van der Waals surface area contributed by atoms with Crippen LogP contribution in [0.25, 0.3) is 0 Å². The molecule has 1 saturated heterocycles. The predicted molar refractivity (Wildman–Crippen MR) is 77.6 cm³/mol. The van der Waals surface area contributed by atoms with Gasteiger partial charge in [0.1, 0.15) is 0 Å². The van der Waals surface area contributed by atoms with Gasteiger partial charge >= 0.3 is 5.97 Å². The molecule has 1 unspecified atom stereocenters. The number of nitrogens with zero attached hydrogens (tertiary/aromatic N) is 5. The molecule has 0 radical (unpaired) electrons. The lowest BCUT2D eigenvalue weighted by molar-refractivity contribution is 0.0568. The van der Waals surface area contributed by atoms with Crippen molar-refractivity contribution in [2.45, 2.75) is 32.9 Å². The molecular formula is C13H17N5O2S. The van der Waals surface area contributed by atoms with Crippen molar-refractivity contribution in [3.63, 3.8) is 0 Å². The third-order valence-corrected chi connectivity index (χ3v) is 4.78. The Morgan fingerprint density at radius 1 is 1.48 bits per heavy atom. The number of aromatic nitrogens is 4. The van der Waals surface area contributed by atoms with Crippen LogP contribution in [-0.4, -0.2) is 49.0 Å². The summed E-state index contributed by atoms with van der Waals surface area (Å²) in [6.07, 6.45) is 1.49. The first-order valence-electron chi connectivity index (χ1n) is 6.79. The van der Waals surface area contributed by atoms with Crippen molar-refractivity contribution in [3.05, 3.63) is 27.5 Å². The number of hydrogen-bond donors (Lipinski definition) is 1. The molecule has 0 aromatic carbocycles. The summed E-state index contributed by atoms with van der Waals surface area (Å²) in [5.41, 5.74) is 1.13. The molecule has 1 atom stereocenters. The summed E-state index contributed by atoms with van der Waals surface area (Å²) in [6, 6.07) is 0.460. The number of carbonyl (C=O) groups is 1. The molecule has 2 aromatic heterocycles. The topological polar surface area (TPSA) is 84.1 Å². The van der Waals surface area contributed by atoms with Gasteiger partial charge in [0.15, 0.2) is 5.69 Å². The smallest absolute Gasteiger partial charge is 0.358 e. The monoisotopic (exact) mass is 307 g/mol. The maximum atomic E-state index is 10.8. The van der Waals surface area contributed by atoms with Crippen molar-refractivity contribution >= 4 is 17.3 Å². The van der Waals surface area contributed by atoms with E-state index in [1.165, 1.54) is 11.1 Å². The van der Waals surface area contributed by atoms with E-state index >= 15 is 0 Å². The fourth-order valence-corrected chi connectivity index (χ4v) is 3.54. The average Bonchev–Trinajstić information content (AvgIpc) is 2.94. The van der Waals surface area contributed by atoms with Crippen LogP contribution < -0.4 is 0 Å². The molecular weight excluding hydrogens is 290 g/mol. The Balaban J connectivity index is 1.64. The second kappa shape index (κ2) is 5.19. The van der Waals surface area contributed by atoms with Gasteiger partial charge in [-0.1, -0.05) is 5.21 Å². The molecule has 21 heavy (non-hydrogen) atoms. The molecule has 0 aliphatic carbocycles. The van der Waals surface area contributed by atoms with E-state index in [1.54, 1.807) is 16.0 Å². The van der Waals surface area contributed by atoms with Gasteiger partial charge < -0.3 is 5.11 Å². The first kappa shape index (κ1) is 14.2. The molecule has 2 aromatic rings. The summed E-state index contributed by atoms with van der Waals surface area (Å²) in [4.78, 5) is 19.0. The van der Waals surface area contributed by atoms with Crippen molar-refractivity contribution in [1.82, 2.24) is 24.9 Å². The molecule has 112 valence electrons. The number of rotatable bonds is 4. The van der Waals surface area contributed by atoms with Crippen molar-refractivity contribution in [3.8, 4) is 0 Å². The molecule has 0 amide bonds. The molecule has 7 nitrogen and oxygen atoms in total. The van der Waals surface area contributed by atoms with Crippen LogP contribution in [0.3, 0.4) is 0 Å². The van der Waals surface area contributed by atoms with E-state index in [0.29, 0.717) is 0 Å². The van der Waals surface area contributed by atoms with Gasteiger partial charge in [0, 0.05) is 18.0 Å². The summed E-state index contributed by atoms with van der Waals surface area (Å²) in [7, 11) is 0. The van der Waals surface area contributed by atoms with Crippen LogP contribution in [0, 0.1) is 13.8 Å². The Morgan fingerprint density at radius 2 is 2.19 bits per heavy atom. The lowest BCUT2D eigenvalue weighted by Crippen LogP contribution is -2.49. The van der Waals surface area contributed by atoms with Gasteiger partial charge in [-0.05, 0) is 20.8 Å². The number of aryl methyl sites for hydroxylation is 2. The van der Waals surface area contributed by atoms with Crippen LogP contribution in [0.15, 0.2) is 6.20 Å². The third kappa shape index (κ3) is 2.56. The lowest BCUT2D eigenvalue weighted by Gasteiger charge is -2.42. The number of carboxylic acid groups (broad SMARTS) is 1. The van der Waals surface area contributed by atoms with Crippen LogP contribution >= 0.6 is 11.3 Å². The van der Waals surface area contributed by atoms with Crippen molar-refractivity contribution in [1.29, 1.82) is 0 Å². The minimum absolute atomic E-state index is 0.00697. The second-order valence-electron chi connectivity index (χ2n) is 5.35. The van der Waals surface area contributed by atoms with Crippen LogP contribution in [-0.2, 0) is 0 Å². The summed E-state index contributed by atoms with van der Waals surface area (Å²) in [5.74, 6) is -1.04. The number of aromatic carboxylic acids is 1. The maximum Gasteiger partial charge on any atom is 0.358 e. The lowest BCUT2D eigenvalue weighted by atomic mass is 10.0. The Bertz CT molecular complexity index is 674. The van der Waals surface area contributed by atoms with E-state index in [4.69, 9.17) is 5.11 Å². The largest absolute Gasteiger partial charge is 0.476 e. The second-order valence-corrected chi connectivity index (χ2v) is 6.75. The summed E-state index contributed by atoms with van der Waals surface area (Å²) < 4.78 is 1.64.